The molecule has 4 N–H and O–H groups in total. The summed E-state index contributed by atoms with van der Waals surface area (Å²) in [6.45, 7) is 4.38. The summed E-state index contributed by atoms with van der Waals surface area (Å²) in [5.74, 6) is 2.27. The lowest BCUT2D eigenvalue weighted by Gasteiger charge is -2.20. The van der Waals surface area contributed by atoms with Gasteiger partial charge in [-0.1, -0.05) is 37.7 Å². The zero-order valence-corrected chi connectivity index (χ0v) is 14.4. The van der Waals surface area contributed by atoms with Crippen LogP contribution in [0.4, 0.5) is 0 Å². The lowest BCUT2D eigenvalue weighted by atomic mass is 10.0. The molecule has 1 aromatic heterocycles. The van der Waals surface area contributed by atoms with E-state index in [-0.39, 0.29) is 6.04 Å². The third-order valence-corrected chi connectivity index (χ3v) is 4.50. The molecule has 1 aliphatic heterocycles. The first-order valence-electron chi connectivity index (χ1n) is 7.65. The zero-order valence-electron chi connectivity index (χ0n) is 13.6. The average Bonchev–Trinajstić information content (AvgIpc) is 2.97. The summed E-state index contributed by atoms with van der Waals surface area (Å²) in [6.07, 6.45) is 0.975. The van der Waals surface area contributed by atoms with E-state index in [0.717, 1.165) is 34.4 Å². The number of ether oxygens (including phenoxy) is 1. The van der Waals surface area contributed by atoms with E-state index in [9.17, 15) is 0 Å². The smallest absolute Gasteiger partial charge is 0.214 e. The Morgan fingerprint density at radius 3 is 2.91 bits per heavy atom. The Bertz CT molecular complexity index is 725. The van der Waals surface area contributed by atoms with Gasteiger partial charge >= 0.3 is 0 Å². The SMILES string of the molecule is COc1cccc(C2=CSc3nnc([C@@H]([NH3+])CC(C)C)n3N2)c1. The van der Waals surface area contributed by atoms with Crippen molar-refractivity contribution >= 4 is 17.5 Å². The number of fused-ring (bicyclic) bond motifs is 1. The molecule has 0 saturated heterocycles. The fourth-order valence-electron chi connectivity index (χ4n) is 2.58. The van der Waals surface area contributed by atoms with Crippen LogP contribution in [0.2, 0.25) is 0 Å². The summed E-state index contributed by atoms with van der Waals surface area (Å²) in [7, 11) is 1.67. The van der Waals surface area contributed by atoms with Crippen molar-refractivity contribution in [3.05, 3.63) is 41.1 Å². The van der Waals surface area contributed by atoms with Crippen molar-refractivity contribution in [1.29, 1.82) is 0 Å². The predicted octanol–water partition coefficient (Wildman–Crippen LogP) is 2.26. The summed E-state index contributed by atoms with van der Waals surface area (Å²) >= 11 is 1.56. The fourth-order valence-corrected chi connectivity index (χ4v) is 3.33. The van der Waals surface area contributed by atoms with Crippen LogP contribution in [0.5, 0.6) is 5.75 Å². The predicted molar refractivity (Wildman–Crippen MR) is 91.3 cm³/mol. The highest BCUT2D eigenvalue weighted by Gasteiger charge is 2.25. The van der Waals surface area contributed by atoms with Gasteiger partial charge in [-0.05, 0) is 18.1 Å². The van der Waals surface area contributed by atoms with Crippen LogP contribution >= 0.6 is 11.8 Å². The minimum Gasteiger partial charge on any atom is -0.497 e. The van der Waals surface area contributed by atoms with Gasteiger partial charge in [-0.25, -0.2) is 4.68 Å². The third kappa shape index (κ3) is 3.35. The number of benzene rings is 1. The number of methoxy groups -OCH3 is 1. The van der Waals surface area contributed by atoms with Crippen LogP contribution in [0, 0.1) is 5.92 Å². The van der Waals surface area contributed by atoms with Crippen LogP contribution in [0.15, 0.2) is 34.8 Å². The van der Waals surface area contributed by atoms with E-state index in [1.54, 1.807) is 18.9 Å². The Morgan fingerprint density at radius 2 is 2.17 bits per heavy atom. The summed E-state index contributed by atoms with van der Waals surface area (Å²) in [4.78, 5) is 0. The maximum absolute atomic E-state index is 5.30. The second kappa shape index (κ2) is 6.64. The molecule has 1 aromatic carbocycles. The number of rotatable bonds is 5. The van der Waals surface area contributed by atoms with Crippen molar-refractivity contribution in [3.63, 3.8) is 0 Å². The van der Waals surface area contributed by atoms with Gasteiger partial charge in [0, 0.05) is 17.4 Å². The highest BCUT2D eigenvalue weighted by atomic mass is 32.2. The van der Waals surface area contributed by atoms with E-state index in [0.29, 0.717) is 5.92 Å². The molecule has 6 nitrogen and oxygen atoms in total. The molecule has 0 radical (unpaired) electrons. The second-order valence-corrected chi connectivity index (χ2v) is 6.83. The molecule has 2 aromatic rings. The quantitative estimate of drug-likeness (QED) is 0.878. The van der Waals surface area contributed by atoms with Crippen LogP contribution in [-0.2, 0) is 0 Å². The molecule has 122 valence electrons. The van der Waals surface area contributed by atoms with E-state index < -0.39 is 0 Å². The molecule has 1 aliphatic rings. The largest absolute Gasteiger partial charge is 0.497 e. The molecule has 0 amide bonds. The molecule has 0 bridgehead atoms. The van der Waals surface area contributed by atoms with Crippen LogP contribution in [0.1, 0.15) is 37.7 Å². The first kappa shape index (κ1) is 15.9. The molecule has 0 saturated carbocycles. The highest BCUT2D eigenvalue weighted by Crippen LogP contribution is 2.31. The van der Waals surface area contributed by atoms with Crippen LogP contribution < -0.4 is 15.9 Å². The Hall–Kier alpha value is -1.99. The van der Waals surface area contributed by atoms with E-state index in [2.05, 4.69) is 35.2 Å². The lowest BCUT2D eigenvalue weighted by molar-refractivity contribution is -0.432. The first-order chi connectivity index (χ1) is 11.1. The minimum atomic E-state index is 0.106. The normalized spacial score (nSPS) is 14.9. The van der Waals surface area contributed by atoms with E-state index >= 15 is 0 Å². The van der Waals surface area contributed by atoms with Gasteiger partial charge in [0.25, 0.3) is 0 Å². The zero-order chi connectivity index (χ0) is 16.4. The van der Waals surface area contributed by atoms with Crippen LogP contribution in [-0.4, -0.2) is 22.0 Å². The fraction of sp³-hybridized carbons (Fsp3) is 0.375. The maximum atomic E-state index is 5.30. The van der Waals surface area contributed by atoms with Crippen molar-refractivity contribution in [2.45, 2.75) is 31.5 Å². The summed E-state index contributed by atoms with van der Waals surface area (Å²) < 4.78 is 7.25. The van der Waals surface area contributed by atoms with Crippen molar-refractivity contribution in [2.24, 2.45) is 5.92 Å². The lowest BCUT2D eigenvalue weighted by Crippen LogP contribution is -2.55. The van der Waals surface area contributed by atoms with Crippen molar-refractivity contribution in [3.8, 4) is 5.75 Å². The number of thioether (sulfide) groups is 1. The number of aromatic nitrogens is 3. The van der Waals surface area contributed by atoms with E-state index in [1.807, 2.05) is 34.3 Å². The summed E-state index contributed by atoms with van der Waals surface area (Å²) in [5, 5.41) is 11.5. The molecule has 0 aliphatic carbocycles. The number of hydrogen-bond acceptors (Lipinski definition) is 5. The average molecular weight is 332 g/mol. The molecule has 0 fully saturated rings. The standard InChI is InChI=1S/C16H21N5OS/c1-10(2)7-13(17)15-18-19-16-21(15)20-14(9-23-16)11-5-4-6-12(8-11)22-3/h4-6,8-10,13,20H,7,17H2,1-3H3/p+1/t13-/m0/s1. The van der Waals surface area contributed by atoms with Crippen LogP contribution in [0.3, 0.4) is 0 Å². The van der Waals surface area contributed by atoms with Gasteiger partial charge in [0.2, 0.25) is 11.0 Å². The number of quaternary nitrogens is 1. The molecule has 0 unspecified atom stereocenters. The second-order valence-electron chi connectivity index (χ2n) is 6.00. The Kier molecular flexibility index (Phi) is 4.58. The number of nitrogens with one attached hydrogen (secondary N) is 1. The first-order valence-corrected chi connectivity index (χ1v) is 8.53. The van der Waals surface area contributed by atoms with Crippen LogP contribution in [0.25, 0.3) is 5.70 Å². The number of hydrogen-bond donors (Lipinski definition) is 2. The molecule has 1 atom stereocenters. The van der Waals surface area contributed by atoms with Crippen molar-refractivity contribution < 1.29 is 10.5 Å². The van der Waals surface area contributed by atoms with Gasteiger partial charge in [-0.2, -0.15) is 0 Å². The summed E-state index contributed by atoms with van der Waals surface area (Å²) in [6, 6.07) is 8.07. The Morgan fingerprint density at radius 1 is 1.35 bits per heavy atom. The highest BCUT2D eigenvalue weighted by molar-refractivity contribution is 8.02. The Labute approximate surface area is 140 Å². The third-order valence-electron chi connectivity index (χ3n) is 3.67. The van der Waals surface area contributed by atoms with Gasteiger partial charge in [-0.15, -0.1) is 10.2 Å². The topological polar surface area (TPSA) is 79.6 Å². The molecule has 7 heteroatoms. The van der Waals surface area contributed by atoms with Gasteiger partial charge in [-0.3, -0.25) is 5.43 Å². The molecular formula is C16H22N5OS+. The maximum Gasteiger partial charge on any atom is 0.214 e. The minimum absolute atomic E-state index is 0.106. The molecule has 23 heavy (non-hydrogen) atoms. The monoisotopic (exact) mass is 332 g/mol. The van der Waals surface area contributed by atoms with Gasteiger partial charge in [0.15, 0.2) is 0 Å². The molecule has 0 spiro atoms. The molecular weight excluding hydrogens is 310 g/mol. The van der Waals surface area contributed by atoms with E-state index in [1.165, 1.54) is 0 Å². The van der Waals surface area contributed by atoms with Crippen molar-refractivity contribution in [2.75, 3.05) is 12.5 Å². The molecule has 2 heterocycles. The van der Waals surface area contributed by atoms with Crippen molar-refractivity contribution in [1.82, 2.24) is 14.9 Å². The Balaban J connectivity index is 1.86. The van der Waals surface area contributed by atoms with Gasteiger partial charge in [0.1, 0.15) is 11.8 Å². The number of nitrogens with zero attached hydrogens (tertiary/aromatic N) is 3. The van der Waals surface area contributed by atoms with E-state index in [4.69, 9.17) is 4.74 Å². The molecule has 3 rings (SSSR count). The van der Waals surface area contributed by atoms with Gasteiger partial charge in [0.05, 0.1) is 12.8 Å². The van der Waals surface area contributed by atoms with Gasteiger partial charge < -0.3 is 10.5 Å². The summed E-state index contributed by atoms with van der Waals surface area (Å²) in [5.41, 5.74) is 9.71.